The molecule has 0 aliphatic heterocycles. The summed E-state index contributed by atoms with van der Waals surface area (Å²) >= 11 is 0. The molecule has 0 aliphatic carbocycles. The summed E-state index contributed by atoms with van der Waals surface area (Å²) in [7, 11) is 0. The van der Waals surface area contributed by atoms with Crippen LogP contribution < -0.4 is 10.7 Å². The summed E-state index contributed by atoms with van der Waals surface area (Å²) in [6, 6.07) is 2.65. The fourth-order valence-corrected chi connectivity index (χ4v) is 0.910. The third-order valence-electron chi connectivity index (χ3n) is 1.55. The molecule has 0 spiro atoms. The highest BCUT2D eigenvalue weighted by molar-refractivity contribution is 5.92. The van der Waals surface area contributed by atoms with Crippen molar-refractivity contribution in [2.45, 2.75) is 13.3 Å². The molecule has 1 aromatic heterocycles. The molecule has 0 radical (unpaired) electrons. The van der Waals surface area contributed by atoms with E-state index >= 15 is 0 Å². The minimum absolute atomic E-state index is 0.166. The molecule has 4 heteroatoms. The van der Waals surface area contributed by atoms with Gasteiger partial charge in [-0.15, -0.1) is 0 Å². The highest BCUT2D eigenvalue weighted by atomic mass is 16.2. The molecule has 0 aromatic carbocycles. The number of carbonyl (C=O) groups excluding carboxylic acids is 1. The summed E-state index contributed by atoms with van der Waals surface area (Å²) in [4.78, 5) is 24.8. The lowest BCUT2D eigenvalue weighted by molar-refractivity contribution is 0.0948. The lowest BCUT2D eigenvalue weighted by Crippen LogP contribution is -2.25. The van der Waals surface area contributed by atoms with E-state index in [1.54, 1.807) is 0 Å². The van der Waals surface area contributed by atoms with Gasteiger partial charge in [-0.1, -0.05) is 6.92 Å². The Kier molecular flexibility index (Phi) is 3.25. The Morgan fingerprint density at radius 2 is 2.38 bits per heavy atom. The zero-order valence-electron chi connectivity index (χ0n) is 7.46. The molecule has 0 fully saturated rings. The van der Waals surface area contributed by atoms with Crippen LogP contribution in [0.2, 0.25) is 0 Å². The summed E-state index contributed by atoms with van der Waals surface area (Å²) in [5, 5.41) is 2.67. The molecular formula is C9H12N2O2. The predicted molar refractivity (Wildman–Crippen MR) is 49.7 cm³/mol. The molecule has 2 N–H and O–H groups in total. The Hall–Kier alpha value is -1.58. The van der Waals surface area contributed by atoms with Gasteiger partial charge in [0.05, 0.1) is 0 Å². The largest absolute Gasteiger partial charge is 0.357 e. The standard InChI is InChI=1S/C9H12N2O2/c1-2-4-11-9(13)8-6-7(12)3-5-10-8/h3,5-6H,2,4H2,1H3,(H,10,12)(H,11,13). The number of pyridine rings is 1. The van der Waals surface area contributed by atoms with Crippen LogP contribution in [0.25, 0.3) is 0 Å². The van der Waals surface area contributed by atoms with Crippen LogP contribution in [-0.2, 0) is 0 Å². The van der Waals surface area contributed by atoms with Crippen LogP contribution in [0.4, 0.5) is 0 Å². The molecule has 1 aromatic rings. The quantitative estimate of drug-likeness (QED) is 0.712. The van der Waals surface area contributed by atoms with Gasteiger partial charge in [0.2, 0.25) is 0 Å². The van der Waals surface area contributed by atoms with Crippen LogP contribution in [0.15, 0.2) is 23.1 Å². The number of H-pyrrole nitrogens is 1. The molecule has 0 atom stereocenters. The molecule has 13 heavy (non-hydrogen) atoms. The van der Waals surface area contributed by atoms with Gasteiger partial charge in [-0.05, 0) is 6.42 Å². The summed E-state index contributed by atoms with van der Waals surface area (Å²) in [6.07, 6.45) is 2.34. The first-order valence-electron chi connectivity index (χ1n) is 4.21. The van der Waals surface area contributed by atoms with Crippen LogP contribution in [0.3, 0.4) is 0 Å². The number of amides is 1. The van der Waals surface area contributed by atoms with Crippen molar-refractivity contribution in [3.8, 4) is 0 Å². The van der Waals surface area contributed by atoms with Crippen molar-refractivity contribution in [3.05, 3.63) is 34.2 Å². The van der Waals surface area contributed by atoms with Crippen molar-refractivity contribution < 1.29 is 4.79 Å². The topological polar surface area (TPSA) is 62.0 Å². The summed E-state index contributed by atoms with van der Waals surface area (Å²) in [5.41, 5.74) is 0.140. The van der Waals surface area contributed by atoms with Crippen molar-refractivity contribution >= 4 is 5.91 Å². The van der Waals surface area contributed by atoms with Crippen LogP contribution >= 0.6 is 0 Å². The SMILES string of the molecule is CCCNC(=O)c1cc(=O)cc[nH]1. The van der Waals surface area contributed by atoms with E-state index in [9.17, 15) is 9.59 Å². The van der Waals surface area contributed by atoms with E-state index < -0.39 is 0 Å². The first-order valence-corrected chi connectivity index (χ1v) is 4.21. The van der Waals surface area contributed by atoms with Gasteiger partial charge in [-0.25, -0.2) is 0 Å². The number of aromatic nitrogens is 1. The van der Waals surface area contributed by atoms with Gasteiger partial charge in [0, 0.05) is 24.9 Å². The number of rotatable bonds is 3. The van der Waals surface area contributed by atoms with Crippen LogP contribution in [0.5, 0.6) is 0 Å². The smallest absolute Gasteiger partial charge is 0.267 e. The van der Waals surface area contributed by atoms with Crippen LogP contribution in [0.1, 0.15) is 23.8 Å². The maximum atomic E-state index is 11.3. The first kappa shape index (κ1) is 9.51. The molecular weight excluding hydrogens is 168 g/mol. The van der Waals surface area contributed by atoms with Gasteiger partial charge in [-0.2, -0.15) is 0 Å². The van der Waals surface area contributed by atoms with E-state index in [1.807, 2.05) is 6.92 Å². The molecule has 1 heterocycles. The van der Waals surface area contributed by atoms with E-state index in [2.05, 4.69) is 10.3 Å². The van der Waals surface area contributed by atoms with E-state index in [0.29, 0.717) is 12.2 Å². The summed E-state index contributed by atoms with van der Waals surface area (Å²) in [5.74, 6) is -0.237. The van der Waals surface area contributed by atoms with Crippen LogP contribution in [-0.4, -0.2) is 17.4 Å². The third kappa shape index (κ3) is 2.74. The average Bonchev–Trinajstić information content (AvgIpc) is 2.14. The molecule has 0 aliphatic rings. The van der Waals surface area contributed by atoms with Crippen molar-refractivity contribution in [2.24, 2.45) is 0 Å². The number of hydrogen-bond acceptors (Lipinski definition) is 2. The summed E-state index contributed by atoms with van der Waals surface area (Å²) < 4.78 is 0. The molecule has 70 valence electrons. The lowest BCUT2D eigenvalue weighted by Gasteiger charge is -2.01. The third-order valence-corrected chi connectivity index (χ3v) is 1.55. The van der Waals surface area contributed by atoms with Gasteiger partial charge in [0.1, 0.15) is 5.69 Å². The van der Waals surface area contributed by atoms with E-state index in [1.165, 1.54) is 18.3 Å². The Bertz CT molecular complexity index is 343. The number of carbonyl (C=O) groups is 1. The molecule has 0 bridgehead atoms. The van der Waals surface area contributed by atoms with Crippen LogP contribution in [0, 0.1) is 0 Å². The highest BCUT2D eigenvalue weighted by Gasteiger charge is 2.03. The van der Waals surface area contributed by atoms with Gasteiger partial charge in [0.15, 0.2) is 5.43 Å². The lowest BCUT2D eigenvalue weighted by atomic mass is 10.3. The van der Waals surface area contributed by atoms with Gasteiger partial charge >= 0.3 is 0 Å². The van der Waals surface area contributed by atoms with Gasteiger partial charge in [0.25, 0.3) is 5.91 Å². The zero-order chi connectivity index (χ0) is 9.68. The number of hydrogen-bond donors (Lipinski definition) is 2. The number of aromatic amines is 1. The highest BCUT2D eigenvalue weighted by Crippen LogP contribution is 1.88. The molecule has 0 unspecified atom stereocenters. The number of nitrogens with one attached hydrogen (secondary N) is 2. The minimum Gasteiger partial charge on any atom is -0.357 e. The molecule has 4 nitrogen and oxygen atoms in total. The van der Waals surface area contributed by atoms with E-state index in [4.69, 9.17) is 0 Å². The zero-order valence-corrected chi connectivity index (χ0v) is 7.46. The maximum absolute atomic E-state index is 11.3. The Labute approximate surface area is 76.0 Å². The van der Waals surface area contributed by atoms with Gasteiger partial charge < -0.3 is 10.3 Å². The fourth-order valence-electron chi connectivity index (χ4n) is 0.910. The monoisotopic (exact) mass is 180 g/mol. The minimum atomic E-state index is -0.237. The van der Waals surface area contributed by atoms with E-state index in [-0.39, 0.29) is 11.3 Å². The van der Waals surface area contributed by atoms with Crippen molar-refractivity contribution in [2.75, 3.05) is 6.54 Å². The van der Waals surface area contributed by atoms with Crippen molar-refractivity contribution in [1.82, 2.24) is 10.3 Å². The molecule has 0 saturated heterocycles. The second-order valence-corrected chi connectivity index (χ2v) is 2.69. The Balaban J connectivity index is 2.71. The Morgan fingerprint density at radius 3 is 3.00 bits per heavy atom. The molecule has 1 rings (SSSR count). The first-order chi connectivity index (χ1) is 6.24. The van der Waals surface area contributed by atoms with E-state index in [0.717, 1.165) is 6.42 Å². The Morgan fingerprint density at radius 1 is 1.62 bits per heavy atom. The maximum Gasteiger partial charge on any atom is 0.267 e. The fraction of sp³-hybridized carbons (Fsp3) is 0.333. The summed E-state index contributed by atoms with van der Waals surface area (Å²) in [6.45, 7) is 2.59. The second-order valence-electron chi connectivity index (χ2n) is 2.69. The second kappa shape index (κ2) is 4.45. The molecule has 1 amide bonds. The normalized spacial score (nSPS) is 9.62. The van der Waals surface area contributed by atoms with Crippen molar-refractivity contribution in [3.63, 3.8) is 0 Å². The van der Waals surface area contributed by atoms with Gasteiger partial charge in [-0.3, -0.25) is 9.59 Å². The predicted octanol–water partition coefficient (Wildman–Crippen LogP) is 0.515. The van der Waals surface area contributed by atoms with Crippen molar-refractivity contribution in [1.29, 1.82) is 0 Å². The average molecular weight is 180 g/mol. The molecule has 0 saturated carbocycles.